The summed E-state index contributed by atoms with van der Waals surface area (Å²) in [6.45, 7) is 2.09. The number of carbonyl (C=O) groups excluding carboxylic acids is 1. The summed E-state index contributed by atoms with van der Waals surface area (Å²) in [5.41, 5.74) is 3.95. The summed E-state index contributed by atoms with van der Waals surface area (Å²) in [6, 6.07) is 11.9. The van der Waals surface area contributed by atoms with E-state index in [1.54, 1.807) is 12.3 Å². The third kappa shape index (κ3) is 2.52. The molecule has 0 atom stereocenters. The second-order valence-electron chi connectivity index (χ2n) is 4.98. The Bertz CT molecular complexity index is 805. The van der Waals surface area contributed by atoms with Crippen molar-refractivity contribution in [3.8, 4) is 0 Å². The normalized spacial score (nSPS) is 10.8. The first-order valence-electron chi connectivity index (χ1n) is 6.78. The van der Waals surface area contributed by atoms with Crippen molar-refractivity contribution in [1.82, 2.24) is 9.38 Å². The van der Waals surface area contributed by atoms with Crippen molar-refractivity contribution in [3.05, 3.63) is 71.3 Å². The van der Waals surface area contributed by atoms with Gasteiger partial charge in [0.25, 0.3) is 0 Å². The largest absolute Gasteiger partial charge is 0.465 e. The van der Waals surface area contributed by atoms with Gasteiger partial charge in [0.05, 0.1) is 24.4 Å². The van der Waals surface area contributed by atoms with Crippen molar-refractivity contribution >= 4 is 11.5 Å². The zero-order chi connectivity index (χ0) is 14.8. The topological polar surface area (TPSA) is 43.6 Å². The Morgan fingerprint density at radius 3 is 2.81 bits per heavy atom. The van der Waals surface area contributed by atoms with Gasteiger partial charge in [0.2, 0.25) is 0 Å². The van der Waals surface area contributed by atoms with Crippen molar-refractivity contribution in [2.45, 2.75) is 13.3 Å². The lowest BCUT2D eigenvalue weighted by Crippen LogP contribution is -2.04. The number of benzene rings is 1. The van der Waals surface area contributed by atoms with Crippen LogP contribution in [0.5, 0.6) is 0 Å². The van der Waals surface area contributed by atoms with Gasteiger partial charge in [-0.1, -0.05) is 24.3 Å². The Morgan fingerprint density at radius 1 is 1.24 bits per heavy atom. The average Bonchev–Trinajstić information content (AvgIpc) is 2.91. The molecule has 0 saturated heterocycles. The van der Waals surface area contributed by atoms with Gasteiger partial charge in [0.1, 0.15) is 5.82 Å². The van der Waals surface area contributed by atoms with Crippen LogP contribution in [0.1, 0.15) is 27.3 Å². The second kappa shape index (κ2) is 5.40. The van der Waals surface area contributed by atoms with Crippen LogP contribution in [0.25, 0.3) is 5.52 Å². The molecule has 0 saturated carbocycles. The number of fused-ring (bicyclic) bond motifs is 1. The number of carbonyl (C=O) groups is 1. The third-order valence-corrected chi connectivity index (χ3v) is 3.63. The zero-order valence-corrected chi connectivity index (χ0v) is 12.0. The summed E-state index contributed by atoms with van der Waals surface area (Å²) in [6.07, 6.45) is 4.32. The van der Waals surface area contributed by atoms with E-state index >= 15 is 0 Å². The zero-order valence-electron chi connectivity index (χ0n) is 12.0. The van der Waals surface area contributed by atoms with Gasteiger partial charge in [-0.15, -0.1) is 0 Å². The molecule has 0 aliphatic carbocycles. The van der Waals surface area contributed by atoms with Crippen LogP contribution in [0, 0.1) is 6.92 Å². The number of esters is 1. The van der Waals surface area contributed by atoms with Gasteiger partial charge in [-0.25, -0.2) is 9.78 Å². The molecule has 3 aromatic rings. The molecule has 0 N–H and O–H groups in total. The number of nitrogens with zero attached hydrogens (tertiary/aromatic N) is 2. The molecule has 0 aliphatic rings. The minimum atomic E-state index is -0.340. The fourth-order valence-corrected chi connectivity index (χ4v) is 2.39. The summed E-state index contributed by atoms with van der Waals surface area (Å²) in [5, 5.41) is 0. The number of methoxy groups -OCH3 is 1. The number of imidazole rings is 1. The lowest BCUT2D eigenvalue weighted by molar-refractivity contribution is 0.0600. The molecule has 0 spiro atoms. The van der Waals surface area contributed by atoms with Crippen LogP contribution in [0.2, 0.25) is 0 Å². The van der Waals surface area contributed by atoms with Crippen LogP contribution in [-0.2, 0) is 11.2 Å². The smallest absolute Gasteiger partial charge is 0.339 e. The summed E-state index contributed by atoms with van der Waals surface area (Å²) in [4.78, 5) is 16.1. The first-order valence-corrected chi connectivity index (χ1v) is 6.78. The Labute approximate surface area is 123 Å². The molecule has 1 aromatic carbocycles. The van der Waals surface area contributed by atoms with E-state index < -0.39 is 0 Å². The highest BCUT2D eigenvalue weighted by Crippen LogP contribution is 2.16. The number of hydrogen-bond donors (Lipinski definition) is 0. The molecule has 0 fully saturated rings. The van der Waals surface area contributed by atoms with E-state index in [2.05, 4.69) is 24.0 Å². The lowest BCUT2D eigenvalue weighted by atomic mass is 10.1. The van der Waals surface area contributed by atoms with Crippen LogP contribution in [-0.4, -0.2) is 22.5 Å². The van der Waals surface area contributed by atoms with E-state index in [9.17, 15) is 4.79 Å². The average molecular weight is 280 g/mol. The summed E-state index contributed by atoms with van der Waals surface area (Å²) < 4.78 is 6.71. The molecular formula is C17H16N2O2. The minimum Gasteiger partial charge on any atom is -0.465 e. The first-order chi connectivity index (χ1) is 10.2. The van der Waals surface area contributed by atoms with Crippen molar-refractivity contribution in [3.63, 3.8) is 0 Å². The van der Waals surface area contributed by atoms with Crippen molar-refractivity contribution in [1.29, 1.82) is 0 Å². The molecule has 4 heteroatoms. The maximum Gasteiger partial charge on any atom is 0.339 e. The Hall–Kier alpha value is -2.62. The number of hydrogen-bond acceptors (Lipinski definition) is 3. The molecule has 3 rings (SSSR count). The summed E-state index contributed by atoms with van der Waals surface area (Å²) in [7, 11) is 1.38. The first kappa shape index (κ1) is 13.4. The van der Waals surface area contributed by atoms with Crippen LogP contribution in [0.4, 0.5) is 0 Å². The molecule has 2 aromatic heterocycles. The highest BCUT2D eigenvalue weighted by molar-refractivity contribution is 5.89. The fourth-order valence-electron chi connectivity index (χ4n) is 2.39. The molecule has 0 bridgehead atoms. The van der Waals surface area contributed by atoms with E-state index in [-0.39, 0.29) is 5.97 Å². The van der Waals surface area contributed by atoms with Crippen LogP contribution < -0.4 is 0 Å². The molecule has 0 aliphatic heterocycles. The fraction of sp³-hybridized carbons (Fsp3) is 0.176. The van der Waals surface area contributed by atoms with Crippen molar-refractivity contribution in [2.24, 2.45) is 0 Å². The van der Waals surface area contributed by atoms with E-state index in [4.69, 9.17) is 4.74 Å². The van der Waals surface area contributed by atoms with Gasteiger partial charge in [0.15, 0.2) is 0 Å². The van der Waals surface area contributed by atoms with Gasteiger partial charge in [-0.05, 0) is 30.2 Å². The SMILES string of the molecule is COC(=O)c1ccc2cnc(Cc3ccccc3C)n2c1. The molecule has 4 nitrogen and oxygen atoms in total. The number of ether oxygens (including phenoxy) is 1. The van der Waals surface area contributed by atoms with Gasteiger partial charge >= 0.3 is 5.97 Å². The monoisotopic (exact) mass is 280 g/mol. The van der Waals surface area contributed by atoms with Crippen molar-refractivity contribution in [2.75, 3.05) is 7.11 Å². The second-order valence-corrected chi connectivity index (χ2v) is 4.98. The highest BCUT2D eigenvalue weighted by atomic mass is 16.5. The molecule has 106 valence electrons. The van der Waals surface area contributed by atoms with E-state index in [0.29, 0.717) is 5.56 Å². The van der Waals surface area contributed by atoms with Gasteiger partial charge < -0.3 is 9.14 Å². The number of aryl methyl sites for hydroxylation is 1. The Morgan fingerprint density at radius 2 is 2.05 bits per heavy atom. The summed E-state index contributed by atoms with van der Waals surface area (Å²) in [5.74, 6) is 0.567. The standard InChI is InChI=1S/C17H16N2O2/c1-12-5-3-4-6-13(12)9-16-18-10-15-8-7-14(11-19(15)16)17(20)21-2/h3-8,10-11H,9H2,1-2H3. The van der Waals surface area contributed by atoms with Gasteiger partial charge in [-0.3, -0.25) is 0 Å². The van der Waals surface area contributed by atoms with E-state index in [1.165, 1.54) is 18.2 Å². The summed E-state index contributed by atoms with van der Waals surface area (Å²) >= 11 is 0. The highest BCUT2D eigenvalue weighted by Gasteiger charge is 2.10. The maximum absolute atomic E-state index is 11.6. The Balaban J connectivity index is 2.03. The van der Waals surface area contributed by atoms with E-state index in [0.717, 1.165) is 17.8 Å². The van der Waals surface area contributed by atoms with Crippen LogP contribution in [0.15, 0.2) is 48.8 Å². The number of aromatic nitrogens is 2. The lowest BCUT2D eigenvalue weighted by Gasteiger charge is -2.06. The van der Waals surface area contributed by atoms with Gasteiger partial charge in [0, 0.05) is 12.6 Å². The maximum atomic E-state index is 11.6. The molecule has 0 unspecified atom stereocenters. The van der Waals surface area contributed by atoms with Crippen LogP contribution in [0.3, 0.4) is 0 Å². The Kier molecular flexibility index (Phi) is 3.44. The quantitative estimate of drug-likeness (QED) is 0.693. The predicted octanol–water partition coefficient (Wildman–Crippen LogP) is 3.02. The third-order valence-electron chi connectivity index (χ3n) is 3.63. The van der Waals surface area contributed by atoms with E-state index in [1.807, 2.05) is 28.8 Å². The molecule has 2 heterocycles. The van der Waals surface area contributed by atoms with Gasteiger partial charge in [-0.2, -0.15) is 0 Å². The number of pyridine rings is 1. The molecule has 0 radical (unpaired) electrons. The minimum absolute atomic E-state index is 0.340. The number of rotatable bonds is 3. The van der Waals surface area contributed by atoms with Crippen molar-refractivity contribution < 1.29 is 9.53 Å². The molecule has 0 amide bonds. The molecule has 21 heavy (non-hydrogen) atoms. The van der Waals surface area contributed by atoms with Crippen LogP contribution >= 0.6 is 0 Å². The predicted molar refractivity (Wildman–Crippen MR) is 80.5 cm³/mol. The molecular weight excluding hydrogens is 264 g/mol.